The fraction of sp³-hybridized carbons (Fsp3) is 0. The third-order valence-electron chi connectivity index (χ3n) is 2.24. The summed E-state index contributed by atoms with van der Waals surface area (Å²) in [6.45, 7) is 0. The topological polar surface area (TPSA) is 110 Å². The van der Waals surface area contributed by atoms with Gasteiger partial charge in [0.1, 0.15) is 0 Å². The zero-order valence-electron chi connectivity index (χ0n) is 8.52. The van der Waals surface area contributed by atoms with Crippen molar-refractivity contribution in [3.8, 4) is 17.3 Å². The molecule has 6 heteroatoms. The third-order valence-corrected chi connectivity index (χ3v) is 2.24. The van der Waals surface area contributed by atoms with Gasteiger partial charge in [-0.3, -0.25) is 4.98 Å². The molecule has 1 aromatic heterocycles. The van der Waals surface area contributed by atoms with Crippen LogP contribution in [0.25, 0.3) is 11.3 Å². The van der Waals surface area contributed by atoms with Gasteiger partial charge in [0.2, 0.25) is 0 Å². The maximum absolute atomic E-state index is 11.1. The van der Waals surface area contributed by atoms with E-state index < -0.39 is 11.7 Å². The molecule has 3 N–H and O–H groups in total. The number of benzene rings is 1. The van der Waals surface area contributed by atoms with Gasteiger partial charge in [-0.15, -0.1) is 0 Å². The lowest BCUT2D eigenvalue weighted by Gasteiger charge is -1.99. The molecule has 0 bridgehead atoms. The zero-order chi connectivity index (χ0) is 12.4. The van der Waals surface area contributed by atoms with Crippen LogP contribution in [0.2, 0.25) is 0 Å². The number of nitriles is 1. The van der Waals surface area contributed by atoms with Crippen LogP contribution in [0.3, 0.4) is 0 Å². The van der Waals surface area contributed by atoms with E-state index in [-0.39, 0.29) is 11.4 Å². The summed E-state index contributed by atoms with van der Waals surface area (Å²) in [5, 5.41) is 17.5. The Labute approximate surface area is 95.2 Å². The number of nitrogens with one attached hydrogen (secondary N) is 2. The average molecular weight is 229 g/mol. The Morgan fingerprint density at radius 2 is 1.88 bits per heavy atom. The summed E-state index contributed by atoms with van der Waals surface area (Å²) in [5.41, 5.74) is 0.414. The molecule has 6 nitrogen and oxygen atoms in total. The van der Waals surface area contributed by atoms with E-state index in [0.29, 0.717) is 11.1 Å². The highest BCUT2D eigenvalue weighted by Gasteiger charge is 2.15. The molecule has 0 unspecified atom stereocenters. The van der Waals surface area contributed by atoms with Crippen molar-refractivity contribution in [1.82, 2.24) is 9.97 Å². The molecule has 84 valence electrons. The van der Waals surface area contributed by atoms with E-state index in [9.17, 15) is 9.59 Å². The van der Waals surface area contributed by atoms with Crippen molar-refractivity contribution in [2.75, 3.05) is 0 Å². The van der Waals surface area contributed by atoms with E-state index in [0.717, 1.165) is 0 Å². The first kappa shape index (κ1) is 10.7. The monoisotopic (exact) mass is 229 g/mol. The van der Waals surface area contributed by atoms with Crippen LogP contribution < -0.4 is 5.69 Å². The Balaban J connectivity index is 2.56. The molecular weight excluding hydrogens is 222 g/mol. The van der Waals surface area contributed by atoms with E-state index in [1.807, 2.05) is 6.07 Å². The molecule has 0 aliphatic rings. The predicted octanol–water partition coefficient (Wildman–Crippen LogP) is 0.940. The molecule has 0 saturated heterocycles. The maximum atomic E-state index is 11.1. The smallest absolute Gasteiger partial charge is 0.354 e. The molecule has 0 amide bonds. The molecule has 2 rings (SSSR count). The van der Waals surface area contributed by atoms with Crippen molar-refractivity contribution in [2.45, 2.75) is 0 Å². The summed E-state index contributed by atoms with van der Waals surface area (Å²) in [4.78, 5) is 26.6. The minimum atomic E-state index is -1.22. The van der Waals surface area contributed by atoms with Crippen molar-refractivity contribution in [3.63, 3.8) is 0 Å². The van der Waals surface area contributed by atoms with Gasteiger partial charge in [0.15, 0.2) is 5.69 Å². The number of carboxylic acids is 1. The summed E-state index contributed by atoms with van der Waals surface area (Å²) in [7, 11) is 0. The lowest BCUT2D eigenvalue weighted by atomic mass is 10.1. The lowest BCUT2D eigenvalue weighted by molar-refractivity contribution is 0.0692. The lowest BCUT2D eigenvalue weighted by Crippen LogP contribution is -2.03. The molecule has 0 spiro atoms. The SMILES string of the molecule is N#Cc1ccc(-c2[nH]c(=O)[nH]c2C(=O)O)cc1. The van der Waals surface area contributed by atoms with Gasteiger partial charge in [-0.1, -0.05) is 12.1 Å². The minimum Gasteiger partial charge on any atom is -0.477 e. The molecule has 1 aromatic carbocycles. The Morgan fingerprint density at radius 3 is 2.41 bits per heavy atom. The largest absolute Gasteiger partial charge is 0.477 e. The Hall–Kier alpha value is -2.81. The summed E-state index contributed by atoms with van der Waals surface area (Å²) < 4.78 is 0. The second kappa shape index (κ2) is 3.98. The maximum Gasteiger partial charge on any atom is 0.354 e. The fourth-order valence-electron chi connectivity index (χ4n) is 1.47. The number of aromatic amines is 2. The zero-order valence-corrected chi connectivity index (χ0v) is 8.52. The van der Waals surface area contributed by atoms with Crippen LogP contribution in [-0.2, 0) is 0 Å². The van der Waals surface area contributed by atoms with E-state index >= 15 is 0 Å². The molecule has 0 atom stereocenters. The molecule has 0 aliphatic carbocycles. The minimum absolute atomic E-state index is 0.195. The van der Waals surface area contributed by atoms with Gasteiger partial charge in [-0.25, -0.2) is 9.59 Å². The van der Waals surface area contributed by atoms with Gasteiger partial charge in [0.25, 0.3) is 0 Å². The fourth-order valence-corrected chi connectivity index (χ4v) is 1.47. The summed E-state index contributed by atoms with van der Waals surface area (Å²) in [6.07, 6.45) is 0. The second-order valence-electron chi connectivity index (χ2n) is 3.32. The first-order valence-electron chi connectivity index (χ1n) is 4.68. The van der Waals surface area contributed by atoms with Gasteiger partial charge < -0.3 is 10.1 Å². The van der Waals surface area contributed by atoms with Crippen LogP contribution >= 0.6 is 0 Å². The standard InChI is InChI=1S/C11H7N3O3/c12-5-6-1-3-7(4-2-6)8-9(10(15)16)14-11(17)13-8/h1-4H,(H,15,16)(H2,13,14,17). The summed E-state index contributed by atoms with van der Waals surface area (Å²) >= 11 is 0. The summed E-state index contributed by atoms with van der Waals surface area (Å²) in [6, 6.07) is 8.19. The Bertz CT molecular complexity index is 659. The van der Waals surface area contributed by atoms with Crippen LogP contribution in [-0.4, -0.2) is 21.0 Å². The van der Waals surface area contributed by atoms with E-state index in [2.05, 4.69) is 9.97 Å². The highest BCUT2D eigenvalue weighted by atomic mass is 16.4. The number of aromatic carboxylic acids is 1. The highest BCUT2D eigenvalue weighted by molar-refractivity contribution is 5.92. The first-order chi connectivity index (χ1) is 8.11. The quantitative estimate of drug-likeness (QED) is 0.711. The van der Waals surface area contributed by atoms with Gasteiger partial charge in [0, 0.05) is 5.56 Å². The van der Waals surface area contributed by atoms with Crippen LogP contribution in [0.15, 0.2) is 29.1 Å². The van der Waals surface area contributed by atoms with Crippen LogP contribution in [0, 0.1) is 11.3 Å². The van der Waals surface area contributed by atoms with Crippen molar-refractivity contribution in [3.05, 3.63) is 46.0 Å². The highest BCUT2D eigenvalue weighted by Crippen LogP contribution is 2.19. The predicted molar refractivity (Wildman–Crippen MR) is 58.5 cm³/mol. The summed E-state index contributed by atoms with van der Waals surface area (Å²) in [5.74, 6) is -1.22. The Kier molecular flexibility index (Phi) is 2.51. The van der Waals surface area contributed by atoms with Gasteiger partial charge in [0.05, 0.1) is 17.3 Å². The van der Waals surface area contributed by atoms with Gasteiger partial charge in [-0.05, 0) is 12.1 Å². The third kappa shape index (κ3) is 1.94. The molecule has 0 aliphatic heterocycles. The normalized spacial score (nSPS) is 9.82. The van der Waals surface area contributed by atoms with Crippen LogP contribution in [0.1, 0.15) is 16.1 Å². The molecular formula is C11H7N3O3. The Morgan fingerprint density at radius 1 is 1.24 bits per heavy atom. The van der Waals surface area contributed by atoms with Gasteiger partial charge >= 0.3 is 11.7 Å². The molecule has 2 aromatic rings. The van der Waals surface area contributed by atoms with Crippen LogP contribution in [0.5, 0.6) is 0 Å². The molecule has 0 fully saturated rings. The number of nitrogens with zero attached hydrogens (tertiary/aromatic N) is 1. The van der Waals surface area contributed by atoms with Crippen molar-refractivity contribution in [2.24, 2.45) is 0 Å². The van der Waals surface area contributed by atoms with E-state index in [1.54, 1.807) is 24.3 Å². The first-order valence-corrected chi connectivity index (χ1v) is 4.68. The number of hydrogen-bond acceptors (Lipinski definition) is 3. The van der Waals surface area contributed by atoms with Crippen molar-refractivity contribution in [1.29, 1.82) is 5.26 Å². The van der Waals surface area contributed by atoms with Crippen molar-refractivity contribution < 1.29 is 9.90 Å². The molecule has 17 heavy (non-hydrogen) atoms. The number of imidazole rings is 1. The molecule has 1 heterocycles. The number of hydrogen-bond donors (Lipinski definition) is 3. The number of carbonyl (C=O) groups is 1. The number of rotatable bonds is 2. The number of aromatic nitrogens is 2. The molecule has 0 saturated carbocycles. The molecule has 0 radical (unpaired) electrons. The second-order valence-corrected chi connectivity index (χ2v) is 3.32. The van der Waals surface area contributed by atoms with E-state index in [1.165, 1.54) is 0 Å². The average Bonchev–Trinajstić information content (AvgIpc) is 2.72. The van der Waals surface area contributed by atoms with Crippen molar-refractivity contribution >= 4 is 5.97 Å². The number of H-pyrrole nitrogens is 2. The van der Waals surface area contributed by atoms with Crippen LogP contribution in [0.4, 0.5) is 0 Å². The van der Waals surface area contributed by atoms with E-state index in [4.69, 9.17) is 10.4 Å². The number of carboxylic acid groups (broad SMARTS) is 1. The van der Waals surface area contributed by atoms with Gasteiger partial charge in [-0.2, -0.15) is 5.26 Å².